The average molecular weight is 470 g/mol. The molecule has 0 aromatic heterocycles. The Labute approximate surface area is 198 Å². The molecule has 0 aliphatic rings. The van der Waals surface area contributed by atoms with E-state index >= 15 is 0 Å². The van der Waals surface area contributed by atoms with E-state index in [0.717, 1.165) is 10.8 Å². The molecule has 0 saturated carbocycles. The fraction of sp³-hybridized carbons (Fsp3) is 0.280. The highest BCUT2D eigenvalue weighted by Crippen LogP contribution is 2.29. The quantitative estimate of drug-likeness (QED) is 0.282. The smallest absolute Gasteiger partial charge is 0.412 e. The van der Waals surface area contributed by atoms with Gasteiger partial charge in [-0.1, -0.05) is 48.5 Å². The lowest BCUT2D eigenvalue weighted by Crippen LogP contribution is -2.30. The van der Waals surface area contributed by atoms with Crippen molar-refractivity contribution in [3.63, 3.8) is 0 Å². The number of aromatic hydroxyl groups is 1. The number of amides is 1. The predicted molar refractivity (Wildman–Crippen MR) is 130 cm³/mol. The van der Waals surface area contributed by atoms with Crippen molar-refractivity contribution in [3.05, 3.63) is 72.3 Å². The summed E-state index contributed by atoms with van der Waals surface area (Å²) < 4.78 is 16.8. The normalized spacial score (nSPS) is 12.7. The lowest BCUT2D eigenvalue weighted by atomic mass is 10.0. The zero-order valence-electron chi connectivity index (χ0n) is 18.3. The van der Waals surface area contributed by atoms with Crippen molar-refractivity contribution in [1.82, 2.24) is 0 Å². The number of nitrogens with one attached hydrogen (secondary N) is 1. The minimum Gasteiger partial charge on any atom is -0.508 e. The van der Waals surface area contributed by atoms with Crippen molar-refractivity contribution >= 4 is 41.2 Å². The fourth-order valence-electron chi connectivity index (χ4n) is 3.48. The number of carbonyl (C=O) groups is 2. The number of esters is 1. The van der Waals surface area contributed by atoms with Crippen molar-refractivity contribution in [1.29, 1.82) is 0 Å². The highest BCUT2D eigenvalue weighted by Gasteiger charge is 2.28. The van der Waals surface area contributed by atoms with Crippen LogP contribution in [0.15, 0.2) is 66.7 Å². The molecule has 3 aromatic rings. The molecule has 3 rings (SSSR count). The van der Waals surface area contributed by atoms with Crippen LogP contribution in [0.25, 0.3) is 10.8 Å². The summed E-state index contributed by atoms with van der Waals surface area (Å²) in [5, 5.41) is 14.4. The Morgan fingerprint density at radius 1 is 1.03 bits per heavy atom. The van der Waals surface area contributed by atoms with E-state index in [9.17, 15) is 14.7 Å². The van der Waals surface area contributed by atoms with E-state index in [1.807, 2.05) is 43.3 Å². The summed E-state index contributed by atoms with van der Waals surface area (Å²) in [5.41, 5.74) is 1.26. The number of rotatable bonds is 10. The van der Waals surface area contributed by atoms with Crippen LogP contribution in [-0.4, -0.2) is 42.2 Å². The van der Waals surface area contributed by atoms with E-state index < -0.39 is 24.3 Å². The molecule has 0 unspecified atom stereocenters. The van der Waals surface area contributed by atoms with Crippen LogP contribution in [0.1, 0.15) is 25.0 Å². The molecule has 174 valence electrons. The Morgan fingerprint density at radius 3 is 2.48 bits per heavy atom. The maximum atomic E-state index is 12.9. The van der Waals surface area contributed by atoms with Crippen LogP contribution in [0.4, 0.5) is 10.5 Å². The summed E-state index contributed by atoms with van der Waals surface area (Å²) in [6.07, 6.45) is -1.72. The van der Waals surface area contributed by atoms with E-state index in [-0.39, 0.29) is 18.1 Å². The zero-order valence-corrected chi connectivity index (χ0v) is 19.2. The van der Waals surface area contributed by atoms with Gasteiger partial charge in [-0.05, 0) is 36.1 Å². The van der Waals surface area contributed by atoms with Gasteiger partial charge in [0, 0.05) is 18.4 Å². The van der Waals surface area contributed by atoms with Crippen molar-refractivity contribution in [2.24, 2.45) is 0 Å². The third-order valence-electron chi connectivity index (χ3n) is 4.99. The van der Waals surface area contributed by atoms with Gasteiger partial charge in [0.25, 0.3) is 0 Å². The molecule has 0 bridgehead atoms. The standard InChI is InChI=1S/C25H27NO6S/c1-2-30-22(14-15-31-23(28)16-33)24(18-10-12-19(27)13-11-18)32-25(29)26-21-9-5-7-17-6-3-4-8-20(17)21/h3-13,22,24,27,33H,2,14-16H2,1H3,(H,26,29)/t22-,24-/m0/s1. The Bertz CT molecular complexity index is 1070. The van der Waals surface area contributed by atoms with Gasteiger partial charge in [0.15, 0.2) is 6.10 Å². The molecule has 0 heterocycles. The minimum absolute atomic E-state index is 0.0232. The van der Waals surface area contributed by atoms with E-state index in [1.165, 1.54) is 12.1 Å². The van der Waals surface area contributed by atoms with Crippen LogP contribution < -0.4 is 5.32 Å². The highest BCUT2D eigenvalue weighted by molar-refractivity contribution is 7.81. The van der Waals surface area contributed by atoms with Crippen LogP contribution in [-0.2, 0) is 19.0 Å². The van der Waals surface area contributed by atoms with Crippen LogP contribution in [0, 0.1) is 0 Å². The lowest BCUT2D eigenvalue weighted by Gasteiger charge is -2.27. The Kier molecular flexibility index (Phi) is 8.97. The number of fused-ring (bicyclic) bond motifs is 1. The molecule has 0 fully saturated rings. The molecule has 7 nitrogen and oxygen atoms in total. The monoisotopic (exact) mass is 469 g/mol. The maximum absolute atomic E-state index is 12.9. The molecule has 0 radical (unpaired) electrons. The van der Waals surface area contributed by atoms with Crippen LogP contribution >= 0.6 is 12.6 Å². The van der Waals surface area contributed by atoms with Gasteiger partial charge in [0.1, 0.15) is 11.9 Å². The molecule has 1 amide bonds. The van der Waals surface area contributed by atoms with E-state index in [0.29, 0.717) is 24.3 Å². The van der Waals surface area contributed by atoms with Gasteiger partial charge in [-0.2, -0.15) is 12.6 Å². The number of thiol groups is 1. The van der Waals surface area contributed by atoms with Crippen LogP contribution in [0.3, 0.4) is 0 Å². The number of phenols is 1. The first-order chi connectivity index (χ1) is 16.0. The summed E-state index contributed by atoms with van der Waals surface area (Å²) in [7, 11) is 0. The second kappa shape index (κ2) is 12.1. The molecule has 8 heteroatoms. The van der Waals surface area contributed by atoms with Crippen molar-refractivity contribution in [2.45, 2.75) is 25.6 Å². The van der Waals surface area contributed by atoms with Gasteiger partial charge in [-0.15, -0.1) is 0 Å². The van der Waals surface area contributed by atoms with E-state index in [2.05, 4.69) is 17.9 Å². The van der Waals surface area contributed by atoms with Crippen LogP contribution in [0.2, 0.25) is 0 Å². The maximum Gasteiger partial charge on any atom is 0.412 e. The first kappa shape index (κ1) is 24.4. The largest absolute Gasteiger partial charge is 0.508 e. The number of hydrogen-bond acceptors (Lipinski definition) is 7. The molecule has 33 heavy (non-hydrogen) atoms. The highest BCUT2D eigenvalue weighted by atomic mass is 32.1. The summed E-state index contributed by atoms with van der Waals surface area (Å²) >= 11 is 3.90. The second-order valence-corrected chi connectivity index (χ2v) is 7.55. The molecule has 3 aromatic carbocycles. The van der Waals surface area contributed by atoms with Crippen molar-refractivity contribution < 1.29 is 28.9 Å². The molecule has 0 aliphatic carbocycles. The Hall–Kier alpha value is -3.23. The van der Waals surface area contributed by atoms with Crippen molar-refractivity contribution in [3.8, 4) is 5.75 Å². The summed E-state index contributed by atoms with van der Waals surface area (Å²) in [6.45, 7) is 2.29. The van der Waals surface area contributed by atoms with Crippen molar-refractivity contribution in [2.75, 3.05) is 24.3 Å². The minimum atomic E-state index is -0.796. The first-order valence-electron chi connectivity index (χ1n) is 10.6. The Balaban J connectivity index is 1.81. The summed E-state index contributed by atoms with van der Waals surface area (Å²) in [4.78, 5) is 24.4. The first-order valence-corrected chi connectivity index (χ1v) is 11.3. The lowest BCUT2D eigenvalue weighted by molar-refractivity contribution is -0.142. The summed E-state index contributed by atoms with van der Waals surface area (Å²) in [5.74, 6) is -0.372. The molecule has 2 atom stereocenters. The Morgan fingerprint density at radius 2 is 1.76 bits per heavy atom. The second-order valence-electron chi connectivity index (χ2n) is 7.23. The number of ether oxygens (including phenoxy) is 3. The zero-order chi connectivity index (χ0) is 23.6. The number of carbonyl (C=O) groups excluding carboxylic acids is 2. The number of anilines is 1. The van der Waals surface area contributed by atoms with E-state index in [4.69, 9.17) is 14.2 Å². The molecule has 0 aliphatic heterocycles. The van der Waals surface area contributed by atoms with E-state index in [1.54, 1.807) is 18.2 Å². The van der Waals surface area contributed by atoms with Gasteiger partial charge in [-0.3, -0.25) is 10.1 Å². The number of benzene rings is 3. The molecule has 2 N–H and O–H groups in total. The topological polar surface area (TPSA) is 94.1 Å². The third kappa shape index (κ3) is 6.87. The fourth-order valence-corrected chi connectivity index (χ4v) is 3.57. The molecule has 0 spiro atoms. The van der Waals surface area contributed by atoms with Gasteiger partial charge in [-0.25, -0.2) is 4.79 Å². The van der Waals surface area contributed by atoms with Gasteiger partial charge in [0.05, 0.1) is 18.0 Å². The third-order valence-corrected chi connectivity index (χ3v) is 5.25. The predicted octanol–water partition coefficient (Wildman–Crippen LogP) is 5.10. The molecular formula is C25H27NO6S. The number of hydrogen-bond donors (Lipinski definition) is 3. The molecule has 0 saturated heterocycles. The van der Waals surface area contributed by atoms with Gasteiger partial charge < -0.3 is 19.3 Å². The number of phenolic OH excluding ortho intramolecular Hbond substituents is 1. The van der Waals surface area contributed by atoms with Gasteiger partial charge >= 0.3 is 12.1 Å². The van der Waals surface area contributed by atoms with Gasteiger partial charge in [0.2, 0.25) is 0 Å². The average Bonchev–Trinajstić information content (AvgIpc) is 2.83. The van der Waals surface area contributed by atoms with Crippen LogP contribution in [0.5, 0.6) is 5.75 Å². The molecular weight excluding hydrogens is 442 g/mol. The SMILES string of the molecule is CCO[C@@H](CCOC(=O)CS)[C@@H](OC(=O)Nc1cccc2ccccc12)c1ccc(O)cc1. The summed E-state index contributed by atoms with van der Waals surface area (Å²) in [6, 6.07) is 19.7.